The molecular weight excluding hydrogens is 300 g/mol. The van der Waals surface area contributed by atoms with Gasteiger partial charge in [0, 0.05) is 17.6 Å². The smallest absolute Gasteiger partial charge is 0.255 e. The summed E-state index contributed by atoms with van der Waals surface area (Å²) in [6.07, 6.45) is 6.20. The van der Waals surface area contributed by atoms with Crippen molar-refractivity contribution in [3.63, 3.8) is 0 Å². The number of nitrogens with zero attached hydrogens (tertiary/aromatic N) is 1. The minimum absolute atomic E-state index is 0.127. The Kier molecular flexibility index (Phi) is 4.41. The predicted octanol–water partition coefficient (Wildman–Crippen LogP) is 3.43. The standard InChI is InChI=1S/C17H21ClN2O2/c1-20(2)12-3-5-13(6-4-12)22-16-9-11-7-8-19-17(21)14(11)10-15(16)18/h7-10,12-13H,3-6H2,1-2H3,(H,19,21)/t12-,13+. The van der Waals surface area contributed by atoms with Crippen LogP contribution in [0, 0.1) is 0 Å². The maximum absolute atomic E-state index is 11.8. The van der Waals surface area contributed by atoms with Crippen LogP contribution in [0.4, 0.5) is 0 Å². The van der Waals surface area contributed by atoms with Crippen molar-refractivity contribution < 1.29 is 4.74 Å². The minimum Gasteiger partial charge on any atom is -0.489 e. The van der Waals surface area contributed by atoms with Crippen molar-refractivity contribution in [3.8, 4) is 5.75 Å². The van der Waals surface area contributed by atoms with Gasteiger partial charge >= 0.3 is 0 Å². The monoisotopic (exact) mass is 320 g/mol. The normalized spacial score (nSPS) is 22.2. The molecule has 1 saturated carbocycles. The Morgan fingerprint density at radius 3 is 2.64 bits per heavy atom. The van der Waals surface area contributed by atoms with Crippen molar-refractivity contribution in [2.45, 2.75) is 37.8 Å². The molecule has 118 valence electrons. The lowest BCUT2D eigenvalue weighted by atomic mass is 9.92. The Bertz CT molecular complexity index is 718. The van der Waals surface area contributed by atoms with Crippen molar-refractivity contribution in [1.29, 1.82) is 0 Å². The molecule has 0 atom stereocenters. The summed E-state index contributed by atoms with van der Waals surface area (Å²) in [5.74, 6) is 0.674. The molecule has 0 aliphatic heterocycles. The summed E-state index contributed by atoms with van der Waals surface area (Å²) in [6, 6.07) is 6.06. The number of H-pyrrole nitrogens is 1. The summed E-state index contributed by atoms with van der Waals surface area (Å²) >= 11 is 6.29. The van der Waals surface area contributed by atoms with Crippen LogP contribution >= 0.6 is 11.6 Å². The molecule has 0 radical (unpaired) electrons. The molecular formula is C17H21ClN2O2. The first-order valence-corrected chi connectivity index (χ1v) is 8.06. The molecule has 1 aliphatic rings. The molecule has 0 spiro atoms. The Hall–Kier alpha value is -1.52. The summed E-state index contributed by atoms with van der Waals surface area (Å²) in [7, 11) is 4.26. The molecule has 1 N–H and O–H groups in total. The second kappa shape index (κ2) is 6.31. The average Bonchev–Trinajstić information content (AvgIpc) is 2.50. The zero-order valence-corrected chi connectivity index (χ0v) is 13.7. The fraction of sp³-hybridized carbons (Fsp3) is 0.471. The summed E-state index contributed by atoms with van der Waals surface area (Å²) in [6.45, 7) is 0. The fourth-order valence-electron chi connectivity index (χ4n) is 3.14. The van der Waals surface area contributed by atoms with Crippen LogP contribution in [-0.4, -0.2) is 36.1 Å². The van der Waals surface area contributed by atoms with E-state index >= 15 is 0 Å². The van der Waals surface area contributed by atoms with E-state index in [0.717, 1.165) is 31.1 Å². The molecule has 22 heavy (non-hydrogen) atoms. The highest BCUT2D eigenvalue weighted by atomic mass is 35.5. The van der Waals surface area contributed by atoms with Gasteiger partial charge in [0.25, 0.3) is 5.56 Å². The molecule has 1 aromatic carbocycles. The highest BCUT2D eigenvalue weighted by molar-refractivity contribution is 6.32. The third-order valence-electron chi connectivity index (χ3n) is 4.49. The number of aromatic amines is 1. The van der Waals surface area contributed by atoms with E-state index in [1.807, 2.05) is 12.1 Å². The summed E-state index contributed by atoms with van der Waals surface area (Å²) in [4.78, 5) is 16.7. The highest BCUT2D eigenvalue weighted by Crippen LogP contribution is 2.32. The molecule has 1 aromatic heterocycles. The Balaban J connectivity index is 1.77. The van der Waals surface area contributed by atoms with Gasteiger partial charge in [0.05, 0.1) is 11.1 Å². The average molecular weight is 321 g/mol. The summed E-state index contributed by atoms with van der Waals surface area (Å²) < 4.78 is 6.10. The lowest BCUT2D eigenvalue weighted by Crippen LogP contribution is -2.35. The second-order valence-corrected chi connectivity index (χ2v) is 6.60. The van der Waals surface area contributed by atoms with E-state index in [1.54, 1.807) is 12.3 Å². The van der Waals surface area contributed by atoms with E-state index in [9.17, 15) is 4.79 Å². The van der Waals surface area contributed by atoms with Crippen LogP contribution < -0.4 is 10.3 Å². The van der Waals surface area contributed by atoms with Crippen molar-refractivity contribution >= 4 is 22.4 Å². The molecule has 0 unspecified atom stereocenters. The molecule has 4 nitrogen and oxygen atoms in total. The molecule has 0 saturated heterocycles. The Morgan fingerprint density at radius 1 is 1.23 bits per heavy atom. The first-order valence-electron chi connectivity index (χ1n) is 7.68. The summed E-state index contributed by atoms with van der Waals surface area (Å²) in [5.41, 5.74) is -0.127. The van der Waals surface area contributed by atoms with Gasteiger partial charge in [0.15, 0.2) is 0 Å². The highest BCUT2D eigenvalue weighted by Gasteiger charge is 2.24. The van der Waals surface area contributed by atoms with Gasteiger partial charge in [0.2, 0.25) is 0 Å². The third-order valence-corrected chi connectivity index (χ3v) is 4.79. The first kappa shape index (κ1) is 15.4. The molecule has 0 amide bonds. The van der Waals surface area contributed by atoms with Gasteiger partial charge in [-0.05, 0) is 63.4 Å². The van der Waals surface area contributed by atoms with Crippen LogP contribution in [0.1, 0.15) is 25.7 Å². The number of nitrogens with one attached hydrogen (secondary N) is 1. The molecule has 1 heterocycles. The number of aromatic nitrogens is 1. The first-order chi connectivity index (χ1) is 10.5. The Labute approximate surface area is 135 Å². The van der Waals surface area contributed by atoms with Gasteiger partial charge in [-0.1, -0.05) is 11.6 Å². The number of ether oxygens (including phenoxy) is 1. The van der Waals surface area contributed by atoms with Crippen LogP contribution in [0.5, 0.6) is 5.75 Å². The van der Waals surface area contributed by atoms with Gasteiger partial charge in [-0.3, -0.25) is 4.79 Å². The number of pyridine rings is 1. The summed E-state index contributed by atoms with van der Waals surface area (Å²) in [5, 5.41) is 1.94. The van der Waals surface area contributed by atoms with Crippen LogP contribution in [0.15, 0.2) is 29.2 Å². The maximum atomic E-state index is 11.8. The molecule has 5 heteroatoms. The van der Waals surface area contributed by atoms with Gasteiger partial charge in [-0.2, -0.15) is 0 Å². The van der Waals surface area contributed by atoms with Gasteiger partial charge in [-0.15, -0.1) is 0 Å². The zero-order chi connectivity index (χ0) is 15.7. The second-order valence-electron chi connectivity index (χ2n) is 6.19. The number of rotatable bonds is 3. The predicted molar refractivity (Wildman–Crippen MR) is 89.9 cm³/mol. The largest absolute Gasteiger partial charge is 0.489 e. The lowest BCUT2D eigenvalue weighted by molar-refractivity contribution is 0.111. The molecule has 0 bridgehead atoms. The zero-order valence-electron chi connectivity index (χ0n) is 12.9. The van der Waals surface area contributed by atoms with Crippen LogP contribution in [0.2, 0.25) is 5.02 Å². The topological polar surface area (TPSA) is 45.3 Å². The molecule has 3 rings (SSSR count). The van der Waals surface area contributed by atoms with Crippen molar-refractivity contribution in [3.05, 3.63) is 39.8 Å². The third kappa shape index (κ3) is 3.13. The Morgan fingerprint density at radius 2 is 1.95 bits per heavy atom. The van der Waals surface area contributed by atoms with E-state index in [4.69, 9.17) is 16.3 Å². The van der Waals surface area contributed by atoms with E-state index in [-0.39, 0.29) is 11.7 Å². The van der Waals surface area contributed by atoms with Crippen molar-refractivity contribution in [2.24, 2.45) is 0 Å². The van der Waals surface area contributed by atoms with Gasteiger partial charge < -0.3 is 14.6 Å². The number of benzene rings is 1. The van der Waals surface area contributed by atoms with E-state index in [2.05, 4.69) is 24.0 Å². The number of hydrogen-bond donors (Lipinski definition) is 1. The van der Waals surface area contributed by atoms with E-state index < -0.39 is 0 Å². The van der Waals surface area contributed by atoms with Crippen LogP contribution in [-0.2, 0) is 0 Å². The van der Waals surface area contributed by atoms with Gasteiger partial charge in [-0.25, -0.2) is 0 Å². The van der Waals surface area contributed by atoms with Crippen LogP contribution in [0.25, 0.3) is 10.8 Å². The quantitative estimate of drug-likeness (QED) is 0.942. The SMILES string of the molecule is CN(C)[C@H]1CC[C@@H](Oc2cc3cc[nH]c(=O)c3cc2Cl)CC1. The number of fused-ring (bicyclic) bond motifs is 1. The van der Waals surface area contributed by atoms with Crippen LogP contribution in [0.3, 0.4) is 0 Å². The lowest BCUT2D eigenvalue weighted by Gasteiger charge is -2.32. The molecule has 1 aliphatic carbocycles. The number of halogens is 1. The molecule has 1 fully saturated rings. The number of hydrogen-bond acceptors (Lipinski definition) is 3. The van der Waals surface area contributed by atoms with E-state index in [1.165, 1.54) is 0 Å². The fourth-order valence-corrected chi connectivity index (χ4v) is 3.35. The van der Waals surface area contributed by atoms with E-state index in [0.29, 0.717) is 22.2 Å². The minimum atomic E-state index is -0.127. The van der Waals surface area contributed by atoms with Crippen molar-refractivity contribution in [2.75, 3.05) is 14.1 Å². The maximum Gasteiger partial charge on any atom is 0.255 e. The van der Waals surface area contributed by atoms with Gasteiger partial charge in [0.1, 0.15) is 5.75 Å². The van der Waals surface area contributed by atoms with Crippen molar-refractivity contribution in [1.82, 2.24) is 9.88 Å². The molecule has 2 aromatic rings.